The molecule has 2 rings (SSSR count). The van der Waals surface area contributed by atoms with Gasteiger partial charge in [0.2, 0.25) is 0 Å². The Labute approximate surface area is 138 Å². The number of thiophene rings is 1. The van der Waals surface area contributed by atoms with E-state index in [-0.39, 0.29) is 5.91 Å². The first-order valence-electron chi connectivity index (χ1n) is 6.55. The number of carbonyl (C=O) groups excluding carboxylic acids is 1. The number of rotatable bonds is 5. The van der Waals surface area contributed by atoms with Crippen molar-refractivity contribution in [2.45, 2.75) is 13.5 Å². The lowest BCUT2D eigenvalue weighted by atomic mass is 10.2. The SMILES string of the molecule is Cc1ccc(Cl)cc1NC(=O)C[NH+](C)Cc1ccc(Cl)s1. The molecule has 0 aliphatic carbocycles. The van der Waals surface area contributed by atoms with Gasteiger partial charge in [0, 0.05) is 10.7 Å². The zero-order valence-corrected chi connectivity index (χ0v) is 14.2. The van der Waals surface area contributed by atoms with E-state index in [4.69, 9.17) is 23.2 Å². The number of quaternary nitrogens is 1. The highest BCUT2D eigenvalue weighted by atomic mass is 35.5. The van der Waals surface area contributed by atoms with Crippen LogP contribution in [-0.4, -0.2) is 19.5 Å². The van der Waals surface area contributed by atoms with Crippen molar-refractivity contribution in [3.05, 3.63) is 50.1 Å². The van der Waals surface area contributed by atoms with Crippen molar-refractivity contribution in [2.24, 2.45) is 0 Å². The summed E-state index contributed by atoms with van der Waals surface area (Å²) >= 11 is 13.4. The van der Waals surface area contributed by atoms with Crippen molar-refractivity contribution in [3.8, 4) is 0 Å². The molecule has 2 N–H and O–H groups in total. The van der Waals surface area contributed by atoms with Crippen molar-refractivity contribution >= 4 is 46.1 Å². The molecule has 0 spiro atoms. The molecule has 1 heterocycles. The second-order valence-electron chi connectivity index (χ2n) is 5.02. The largest absolute Gasteiger partial charge is 0.325 e. The molecule has 0 radical (unpaired) electrons. The third-order valence-corrected chi connectivity index (χ3v) is 4.51. The van der Waals surface area contributed by atoms with E-state index in [0.29, 0.717) is 11.6 Å². The number of anilines is 1. The fourth-order valence-corrected chi connectivity index (χ4v) is 3.38. The van der Waals surface area contributed by atoms with E-state index in [1.165, 1.54) is 4.88 Å². The highest BCUT2D eigenvalue weighted by molar-refractivity contribution is 7.16. The smallest absolute Gasteiger partial charge is 0.279 e. The topological polar surface area (TPSA) is 33.5 Å². The van der Waals surface area contributed by atoms with E-state index in [0.717, 1.165) is 27.0 Å². The van der Waals surface area contributed by atoms with Gasteiger partial charge in [-0.3, -0.25) is 4.79 Å². The normalized spacial score (nSPS) is 12.2. The average molecular weight is 344 g/mol. The van der Waals surface area contributed by atoms with E-state index in [1.807, 2.05) is 38.2 Å². The number of carbonyl (C=O) groups is 1. The number of hydrogen-bond acceptors (Lipinski definition) is 2. The summed E-state index contributed by atoms with van der Waals surface area (Å²) in [6.07, 6.45) is 0. The van der Waals surface area contributed by atoms with Crippen LogP contribution in [0.25, 0.3) is 0 Å². The van der Waals surface area contributed by atoms with Crippen LogP contribution < -0.4 is 10.2 Å². The first-order chi connectivity index (χ1) is 9.94. The number of nitrogens with one attached hydrogen (secondary N) is 2. The molecule has 0 saturated carbocycles. The Morgan fingerprint density at radius 2 is 2.05 bits per heavy atom. The summed E-state index contributed by atoms with van der Waals surface area (Å²) in [6.45, 7) is 3.11. The van der Waals surface area contributed by atoms with Crippen LogP contribution in [0.4, 0.5) is 5.69 Å². The highest BCUT2D eigenvalue weighted by Gasteiger charge is 2.13. The summed E-state index contributed by atoms with van der Waals surface area (Å²) in [5, 5.41) is 3.52. The summed E-state index contributed by atoms with van der Waals surface area (Å²) in [7, 11) is 1.98. The quantitative estimate of drug-likeness (QED) is 0.859. The minimum Gasteiger partial charge on any atom is -0.325 e. The number of hydrogen-bond donors (Lipinski definition) is 2. The molecule has 0 bridgehead atoms. The van der Waals surface area contributed by atoms with Crippen LogP contribution in [0.5, 0.6) is 0 Å². The van der Waals surface area contributed by atoms with Gasteiger partial charge in [0.25, 0.3) is 5.91 Å². The average Bonchev–Trinajstić information content (AvgIpc) is 2.79. The minimum atomic E-state index is -0.0273. The van der Waals surface area contributed by atoms with Crippen LogP contribution in [0.15, 0.2) is 30.3 Å². The molecular weight excluding hydrogens is 327 g/mol. The highest BCUT2D eigenvalue weighted by Crippen LogP contribution is 2.21. The Morgan fingerprint density at radius 3 is 2.71 bits per heavy atom. The molecule has 6 heteroatoms. The van der Waals surface area contributed by atoms with Gasteiger partial charge in [0.15, 0.2) is 6.54 Å². The van der Waals surface area contributed by atoms with E-state index < -0.39 is 0 Å². The minimum absolute atomic E-state index is 0.0273. The maximum absolute atomic E-state index is 12.1. The summed E-state index contributed by atoms with van der Waals surface area (Å²) < 4.78 is 0.775. The van der Waals surface area contributed by atoms with Crippen molar-refractivity contribution < 1.29 is 9.69 Å². The molecule has 1 aromatic carbocycles. The van der Waals surface area contributed by atoms with Gasteiger partial charge in [-0.1, -0.05) is 29.3 Å². The molecule has 1 amide bonds. The molecule has 0 fully saturated rings. The lowest BCUT2D eigenvalue weighted by Crippen LogP contribution is -3.08. The van der Waals surface area contributed by atoms with Crippen LogP contribution in [0.3, 0.4) is 0 Å². The fourth-order valence-electron chi connectivity index (χ4n) is 2.00. The summed E-state index contributed by atoms with van der Waals surface area (Å²) in [6, 6.07) is 9.34. The van der Waals surface area contributed by atoms with Crippen molar-refractivity contribution in [2.75, 3.05) is 18.9 Å². The van der Waals surface area contributed by atoms with E-state index in [2.05, 4.69) is 5.32 Å². The van der Waals surface area contributed by atoms with Crippen LogP contribution in [-0.2, 0) is 11.3 Å². The Morgan fingerprint density at radius 1 is 1.29 bits per heavy atom. The van der Waals surface area contributed by atoms with Crippen LogP contribution in [0, 0.1) is 6.92 Å². The van der Waals surface area contributed by atoms with E-state index >= 15 is 0 Å². The molecule has 3 nitrogen and oxygen atoms in total. The molecular formula is C15H17Cl2N2OS+. The number of benzene rings is 1. The molecule has 0 saturated heterocycles. The standard InChI is InChI=1S/C15H16Cl2N2OS/c1-10-3-4-11(16)7-13(10)18-15(20)9-19(2)8-12-5-6-14(17)21-12/h3-7H,8-9H2,1-2H3,(H,18,20)/p+1. The molecule has 21 heavy (non-hydrogen) atoms. The molecule has 1 atom stereocenters. The Hall–Kier alpha value is -1.07. The number of halogens is 2. The van der Waals surface area contributed by atoms with Gasteiger partial charge in [-0.05, 0) is 36.8 Å². The van der Waals surface area contributed by atoms with E-state index in [1.54, 1.807) is 17.4 Å². The predicted octanol–water partition coefficient (Wildman–Crippen LogP) is 3.02. The van der Waals surface area contributed by atoms with Gasteiger partial charge in [-0.15, -0.1) is 11.3 Å². The van der Waals surface area contributed by atoms with Crippen LogP contribution >= 0.6 is 34.5 Å². The molecule has 0 aliphatic rings. The maximum Gasteiger partial charge on any atom is 0.279 e. The molecule has 112 valence electrons. The van der Waals surface area contributed by atoms with Gasteiger partial charge < -0.3 is 10.2 Å². The molecule has 2 aromatic rings. The van der Waals surface area contributed by atoms with Gasteiger partial charge in [0.1, 0.15) is 6.54 Å². The van der Waals surface area contributed by atoms with Crippen molar-refractivity contribution in [3.63, 3.8) is 0 Å². The van der Waals surface area contributed by atoms with Gasteiger partial charge in [0.05, 0.1) is 16.3 Å². The third-order valence-electron chi connectivity index (χ3n) is 3.04. The summed E-state index contributed by atoms with van der Waals surface area (Å²) in [4.78, 5) is 14.4. The van der Waals surface area contributed by atoms with E-state index in [9.17, 15) is 4.79 Å². The number of likely N-dealkylation sites (N-methyl/N-ethyl adjacent to an activating group) is 1. The summed E-state index contributed by atoms with van der Waals surface area (Å²) in [5.74, 6) is -0.0273. The zero-order chi connectivity index (χ0) is 15.4. The summed E-state index contributed by atoms with van der Waals surface area (Å²) in [5.41, 5.74) is 1.76. The zero-order valence-electron chi connectivity index (χ0n) is 11.9. The Kier molecular flexibility index (Phi) is 5.65. The van der Waals surface area contributed by atoms with Gasteiger partial charge in [-0.2, -0.15) is 0 Å². The number of amides is 1. The van der Waals surface area contributed by atoms with Gasteiger partial charge in [-0.25, -0.2) is 0 Å². The lowest BCUT2D eigenvalue weighted by molar-refractivity contribution is -0.884. The second-order valence-corrected chi connectivity index (χ2v) is 7.26. The van der Waals surface area contributed by atoms with Crippen LogP contribution in [0.1, 0.15) is 10.4 Å². The van der Waals surface area contributed by atoms with Crippen molar-refractivity contribution in [1.82, 2.24) is 0 Å². The van der Waals surface area contributed by atoms with Gasteiger partial charge >= 0.3 is 0 Å². The molecule has 1 aromatic heterocycles. The Bertz CT molecular complexity index is 642. The lowest BCUT2D eigenvalue weighted by Gasteiger charge is -2.14. The maximum atomic E-state index is 12.1. The molecule has 1 unspecified atom stereocenters. The Balaban J connectivity index is 1.90. The molecule has 0 aliphatic heterocycles. The fraction of sp³-hybridized carbons (Fsp3) is 0.267. The predicted molar refractivity (Wildman–Crippen MR) is 89.6 cm³/mol. The first kappa shape index (κ1) is 16.3. The number of aryl methyl sites for hydroxylation is 1. The van der Waals surface area contributed by atoms with Crippen molar-refractivity contribution in [1.29, 1.82) is 0 Å². The first-order valence-corrected chi connectivity index (χ1v) is 8.13. The monoisotopic (exact) mass is 343 g/mol. The third kappa shape index (κ3) is 5.00. The van der Waals surface area contributed by atoms with Crippen LogP contribution in [0.2, 0.25) is 9.36 Å². The second kappa shape index (κ2) is 7.27.